The van der Waals surface area contributed by atoms with E-state index in [0.717, 1.165) is 5.75 Å². The minimum Gasteiger partial charge on any atom is -0.409 e. The Labute approximate surface area is 107 Å². The standard InChI is InChI=1S/C11H23N3O2S/c1-5-11(6-2,9(12)13-16)10(15)14(3)7-8-17-4/h16H,5-8H2,1-4H3,(H2,12,13). The lowest BCUT2D eigenvalue weighted by Crippen LogP contribution is -2.50. The van der Waals surface area contributed by atoms with Crippen LogP contribution in [0.4, 0.5) is 0 Å². The number of hydrogen-bond donors (Lipinski definition) is 2. The van der Waals surface area contributed by atoms with Gasteiger partial charge >= 0.3 is 0 Å². The van der Waals surface area contributed by atoms with E-state index < -0.39 is 5.41 Å². The minimum absolute atomic E-state index is 0.00324. The lowest BCUT2D eigenvalue weighted by molar-refractivity contribution is -0.137. The molecule has 0 rings (SSSR count). The number of carbonyl (C=O) groups is 1. The van der Waals surface area contributed by atoms with Crippen LogP contribution in [-0.2, 0) is 4.79 Å². The molecule has 0 aromatic carbocycles. The molecule has 0 unspecified atom stereocenters. The second kappa shape index (κ2) is 7.42. The largest absolute Gasteiger partial charge is 0.409 e. The first-order valence-corrected chi connectivity index (χ1v) is 7.12. The van der Waals surface area contributed by atoms with Crippen molar-refractivity contribution in [3.63, 3.8) is 0 Å². The van der Waals surface area contributed by atoms with E-state index in [1.54, 1.807) is 23.7 Å². The number of oxime groups is 1. The van der Waals surface area contributed by atoms with Gasteiger partial charge in [0, 0.05) is 19.3 Å². The van der Waals surface area contributed by atoms with E-state index in [0.29, 0.717) is 19.4 Å². The van der Waals surface area contributed by atoms with Crippen LogP contribution in [0.25, 0.3) is 0 Å². The fraction of sp³-hybridized carbons (Fsp3) is 0.818. The Morgan fingerprint density at radius 2 is 2.00 bits per heavy atom. The average molecular weight is 261 g/mol. The number of amidine groups is 1. The minimum atomic E-state index is -0.873. The smallest absolute Gasteiger partial charge is 0.236 e. The van der Waals surface area contributed by atoms with Gasteiger partial charge in [0.25, 0.3) is 0 Å². The maximum atomic E-state index is 12.4. The first-order chi connectivity index (χ1) is 7.99. The van der Waals surface area contributed by atoms with Crippen LogP contribution in [-0.4, -0.2) is 47.5 Å². The summed E-state index contributed by atoms with van der Waals surface area (Å²) in [5.41, 5.74) is 4.81. The highest BCUT2D eigenvalue weighted by atomic mass is 32.2. The number of nitrogens with two attached hydrogens (primary N) is 1. The van der Waals surface area contributed by atoms with E-state index in [4.69, 9.17) is 10.9 Å². The van der Waals surface area contributed by atoms with Crippen LogP contribution < -0.4 is 5.73 Å². The molecule has 3 N–H and O–H groups in total. The molecule has 0 aromatic heterocycles. The summed E-state index contributed by atoms with van der Waals surface area (Å²) in [7, 11) is 1.75. The van der Waals surface area contributed by atoms with Gasteiger partial charge in [0.2, 0.25) is 5.91 Å². The van der Waals surface area contributed by atoms with Crippen LogP contribution in [0.3, 0.4) is 0 Å². The van der Waals surface area contributed by atoms with Gasteiger partial charge in [-0.15, -0.1) is 0 Å². The lowest BCUT2D eigenvalue weighted by Gasteiger charge is -2.33. The SMILES string of the molecule is CCC(CC)(C(=O)N(C)CCSC)C(N)=NO. The highest BCUT2D eigenvalue weighted by molar-refractivity contribution is 7.98. The number of nitrogens with zero attached hydrogens (tertiary/aromatic N) is 2. The second-order valence-electron chi connectivity index (χ2n) is 3.99. The number of carbonyl (C=O) groups excluding carboxylic acids is 1. The molecular formula is C11H23N3O2S. The highest BCUT2D eigenvalue weighted by Gasteiger charge is 2.41. The fourth-order valence-corrected chi connectivity index (χ4v) is 2.27. The van der Waals surface area contributed by atoms with Gasteiger partial charge in [-0.1, -0.05) is 19.0 Å². The third kappa shape index (κ3) is 3.52. The zero-order chi connectivity index (χ0) is 13.5. The monoisotopic (exact) mass is 261 g/mol. The van der Waals surface area contributed by atoms with Gasteiger partial charge in [-0.3, -0.25) is 4.79 Å². The number of hydrogen-bond acceptors (Lipinski definition) is 4. The summed E-state index contributed by atoms with van der Waals surface area (Å²) in [6, 6.07) is 0. The normalized spacial score (nSPS) is 12.6. The molecule has 17 heavy (non-hydrogen) atoms. The molecule has 0 radical (unpaired) electrons. The number of rotatable bonds is 7. The molecular weight excluding hydrogens is 238 g/mol. The summed E-state index contributed by atoms with van der Waals surface area (Å²) < 4.78 is 0. The Morgan fingerprint density at radius 1 is 1.47 bits per heavy atom. The van der Waals surface area contributed by atoms with Gasteiger partial charge < -0.3 is 15.8 Å². The van der Waals surface area contributed by atoms with Gasteiger partial charge in [-0.25, -0.2) is 0 Å². The molecule has 0 aliphatic heterocycles. The second-order valence-corrected chi connectivity index (χ2v) is 4.98. The summed E-state index contributed by atoms with van der Waals surface area (Å²) in [5.74, 6) is 0.803. The van der Waals surface area contributed by atoms with Crippen molar-refractivity contribution < 1.29 is 10.0 Å². The van der Waals surface area contributed by atoms with Crippen LogP contribution in [0, 0.1) is 5.41 Å². The predicted octanol–water partition coefficient (Wildman–Crippen LogP) is 1.36. The Morgan fingerprint density at radius 3 is 2.35 bits per heavy atom. The zero-order valence-corrected chi connectivity index (χ0v) is 11.9. The number of amides is 1. The predicted molar refractivity (Wildman–Crippen MR) is 72.4 cm³/mol. The molecule has 0 saturated heterocycles. The van der Waals surface area contributed by atoms with Crippen LogP contribution in [0.2, 0.25) is 0 Å². The van der Waals surface area contributed by atoms with Gasteiger partial charge in [-0.2, -0.15) is 11.8 Å². The summed E-state index contributed by atoms with van der Waals surface area (Å²) in [4.78, 5) is 14.0. The van der Waals surface area contributed by atoms with Gasteiger partial charge in [0.15, 0.2) is 5.84 Å². The van der Waals surface area contributed by atoms with E-state index >= 15 is 0 Å². The molecule has 0 heterocycles. The quantitative estimate of drug-likeness (QED) is 0.314. The Bertz CT molecular complexity index is 278. The average Bonchev–Trinajstić information content (AvgIpc) is 2.37. The van der Waals surface area contributed by atoms with Crippen LogP contribution in [0.15, 0.2) is 5.16 Å². The summed E-state index contributed by atoms with van der Waals surface area (Å²) in [5, 5.41) is 11.9. The van der Waals surface area contributed by atoms with Gasteiger partial charge in [0.1, 0.15) is 5.41 Å². The van der Waals surface area contributed by atoms with Crippen molar-refractivity contribution in [2.75, 3.05) is 25.6 Å². The Kier molecular flexibility index (Phi) is 7.03. The zero-order valence-electron chi connectivity index (χ0n) is 11.1. The molecule has 0 aliphatic rings. The van der Waals surface area contributed by atoms with Crippen LogP contribution in [0.1, 0.15) is 26.7 Å². The first-order valence-electron chi connectivity index (χ1n) is 5.72. The third-order valence-corrected chi connectivity index (χ3v) is 3.78. The maximum absolute atomic E-state index is 12.4. The van der Waals surface area contributed by atoms with Crippen molar-refractivity contribution in [3.8, 4) is 0 Å². The van der Waals surface area contributed by atoms with E-state index in [1.807, 2.05) is 20.1 Å². The van der Waals surface area contributed by atoms with Gasteiger partial charge in [0.05, 0.1) is 0 Å². The van der Waals surface area contributed by atoms with E-state index in [2.05, 4.69) is 5.16 Å². The summed E-state index contributed by atoms with van der Waals surface area (Å²) in [6.45, 7) is 4.42. The molecule has 5 nitrogen and oxygen atoms in total. The molecule has 0 fully saturated rings. The Hall–Kier alpha value is -0.910. The van der Waals surface area contributed by atoms with E-state index in [1.165, 1.54) is 0 Å². The number of thioether (sulfide) groups is 1. The molecule has 0 aliphatic carbocycles. The van der Waals surface area contributed by atoms with Crippen LogP contribution >= 0.6 is 11.8 Å². The molecule has 0 bridgehead atoms. The highest BCUT2D eigenvalue weighted by Crippen LogP contribution is 2.29. The molecule has 1 amide bonds. The molecule has 0 atom stereocenters. The third-order valence-electron chi connectivity index (χ3n) is 3.19. The topological polar surface area (TPSA) is 78.9 Å². The molecule has 0 aromatic rings. The molecule has 100 valence electrons. The van der Waals surface area contributed by atoms with Gasteiger partial charge in [-0.05, 0) is 19.1 Å². The fourth-order valence-electron chi connectivity index (χ4n) is 1.82. The van der Waals surface area contributed by atoms with E-state index in [9.17, 15) is 4.79 Å². The van der Waals surface area contributed by atoms with Crippen molar-refractivity contribution in [3.05, 3.63) is 0 Å². The Balaban J connectivity index is 5.00. The van der Waals surface area contributed by atoms with Crippen LogP contribution in [0.5, 0.6) is 0 Å². The van der Waals surface area contributed by atoms with Crippen molar-refractivity contribution in [1.82, 2.24) is 4.90 Å². The lowest BCUT2D eigenvalue weighted by atomic mass is 9.79. The molecule has 6 heteroatoms. The summed E-state index contributed by atoms with van der Waals surface area (Å²) >= 11 is 1.68. The summed E-state index contributed by atoms with van der Waals surface area (Å²) in [6.07, 6.45) is 3.05. The molecule has 0 saturated carbocycles. The van der Waals surface area contributed by atoms with E-state index in [-0.39, 0.29) is 11.7 Å². The van der Waals surface area contributed by atoms with Crippen molar-refractivity contribution in [2.45, 2.75) is 26.7 Å². The maximum Gasteiger partial charge on any atom is 0.236 e. The first kappa shape index (κ1) is 16.1. The van der Waals surface area contributed by atoms with Crippen molar-refractivity contribution >= 4 is 23.5 Å². The van der Waals surface area contributed by atoms with Crippen molar-refractivity contribution in [2.24, 2.45) is 16.3 Å². The van der Waals surface area contributed by atoms with Crippen molar-refractivity contribution in [1.29, 1.82) is 0 Å². The molecule has 0 spiro atoms.